The van der Waals surface area contributed by atoms with Crippen LogP contribution in [0.1, 0.15) is 30.4 Å². The number of amides is 2. The number of anilines is 1. The molecule has 0 saturated carbocycles. The van der Waals surface area contributed by atoms with Gasteiger partial charge in [-0.1, -0.05) is 48.5 Å². The van der Waals surface area contributed by atoms with Crippen LogP contribution in [0.5, 0.6) is 0 Å². The van der Waals surface area contributed by atoms with Crippen LogP contribution in [-0.2, 0) is 21.4 Å². The van der Waals surface area contributed by atoms with Crippen molar-refractivity contribution in [2.24, 2.45) is 0 Å². The van der Waals surface area contributed by atoms with E-state index < -0.39 is 5.41 Å². The average molecular weight is 346 g/mol. The highest BCUT2D eigenvalue weighted by Gasteiger charge is 2.55. The smallest absolute Gasteiger partial charge is 0.239 e. The lowest BCUT2D eigenvalue weighted by molar-refractivity contribution is -0.128. The molecule has 0 spiro atoms. The predicted octanol–water partition coefficient (Wildman–Crippen LogP) is 2.91. The van der Waals surface area contributed by atoms with E-state index in [1.807, 2.05) is 58.3 Å². The molecule has 26 heavy (non-hydrogen) atoms. The minimum absolute atomic E-state index is 0.149. The Kier molecular flexibility index (Phi) is 3.42. The Balaban J connectivity index is 1.58. The van der Waals surface area contributed by atoms with Crippen molar-refractivity contribution < 1.29 is 9.59 Å². The first-order valence-corrected chi connectivity index (χ1v) is 9.44. The van der Waals surface area contributed by atoms with E-state index in [4.69, 9.17) is 0 Å². The van der Waals surface area contributed by atoms with Gasteiger partial charge in [-0.15, -0.1) is 0 Å². The van der Waals surface area contributed by atoms with Crippen LogP contribution in [0.25, 0.3) is 0 Å². The SMILES string of the molecule is O=C1CC[C@H]2C[C@@](C(=O)N3CCc4ccccc43)(c3ccccc3)CN12. The maximum Gasteiger partial charge on any atom is 0.239 e. The average Bonchev–Trinajstić information content (AvgIpc) is 3.37. The van der Waals surface area contributed by atoms with Crippen molar-refractivity contribution in [2.45, 2.75) is 37.1 Å². The Hall–Kier alpha value is -2.62. The van der Waals surface area contributed by atoms with Crippen molar-refractivity contribution in [3.63, 3.8) is 0 Å². The summed E-state index contributed by atoms with van der Waals surface area (Å²) >= 11 is 0. The van der Waals surface area contributed by atoms with Crippen LogP contribution in [0, 0.1) is 0 Å². The van der Waals surface area contributed by atoms with Gasteiger partial charge in [-0.25, -0.2) is 0 Å². The highest BCUT2D eigenvalue weighted by Crippen LogP contribution is 2.45. The fourth-order valence-corrected chi connectivity index (χ4v) is 5.03. The molecule has 2 fully saturated rings. The molecule has 0 radical (unpaired) electrons. The summed E-state index contributed by atoms with van der Waals surface area (Å²) in [6.07, 6.45) is 3.13. The van der Waals surface area contributed by atoms with Gasteiger partial charge in [-0.2, -0.15) is 0 Å². The van der Waals surface area contributed by atoms with Crippen molar-refractivity contribution >= 4 is 17.5 Å². The summed E-state index contributed by atoms with van der Waals surface area (Å²) in [4.78, 5) is 30.1. The van der Waals surface area contributed by atoms with Crippen LogP contribution in [0.15, 0.2) is 54.6 Å². The fraction of sp³-hybridized carbons (Fsp3) is 0.364. The Morgan fingerprint density at radius 3 is 2.58 bits per heavy atom. The van der Waals surface area contributed by atoms with Gasteiger partial charge in [0, 0.05) is 31.2 Å². The van der Waals surface area contributed by atoms with E-state index in [0.717, 1.165) is 37.1 Å². The lowest BCUT2D eigenvalue weighted by Gasteiger charge is -2.33. The van der Waals surface area contributed by atoms with Crippen LogP contribution in [-0.4, -0.2) is 35.8 Å². The molecule has 4 heteroatoms. The molecule has 0 aliphatic carbocycles. The zero-order chi connectivity index (χ0) is 17.7. The molecule has 3 aliphatic heterocycles. The third kappa shape index (κ3) is 2.14. The van der Waals surface area contributed by atoms with Crippen LogP contribution in [0.3, 0.4) is 0 Å². The topological polar surface area (TPSA) is 40.6 Å². The molecule has 5 rings (SSSR count). The van der Waals surface area contributed by atoms with E-state index in [0.29, 0.717) is 13.0 Å². The highest BCUT2D eigenvalue weighted by atomic mass is 16.2. The molecule has 4 nitrogen and oxygen atoms in total. The molecule has 2 aromatic rings. The van der Waals surface area contributed by atoms with Crippen LogP contribution >= 0.6 is 0 Å². The van der Waals surface area contributed by atoms with Gasteiger partial charge < -0.3 is 9.80 Å². The Morgan fingerprint density at radius 1 is 1.00 bits per heavy atom. The van der Waals surface area contributed by atoms with E-state index in [2.05, 4.69) is 6.07 Å². The van der Waals surface area contributed by atoms with E-state index in [1.54, 1.807) is 0 Å². The molecule has 0 N–H and O–H groups in total. The summed E-state index contributed by atoms with van der Waals surface area (Å²) in [6.45, 7) is 1.24. The minimum Gasteiger partial charge on any atom is -0.338 e. The summed E-state index contributed by atoms with van der Waals surface area (Å²) < 4.78 is 0. The summed E-state index contributed by atoms with van der Waals surface area (Å²) in [7, 11) is 0. The van der Waals surface area contributed by atoms with Crippen LogP contribution in [0.2, 0.25) is 0 Å². The molecule has 2 amide bonds. The summed E-state index contributed by atoms with van der Waals surface area (Å²) in [5, 5.41) is 0. The number of para-hydroxylation sites is 1. The van der Waals surface area contributed by atoms with E-state index in [-0.39, 0.29) is 17.9 Å². The molecule has 3 heterocycles. The third-order valence-electron chi connectivity index (χ3n) is 6.34. The van der Waals surface area contributed by atoms with E-state index >= 15 is 0 Å². The number of carbonyl (C=O) groups excluding carboxylic acids is 2. The Bertz CT molecular complexity index is 879. The fourth-order valence-electron chi connectivity index (χ4n) is 5.03. The van der Waals surface area contributed by atoms with Gasteiger partial charge >= 0.3 is 0 Å². The number of hydrogen-bond acceptors (Lipinski definition) is 2. The molecule has 0 unspecified atom stereocenters. The van der Waals surface area contributed by atoms with Gasteiger partial charge in [0.05, 0.1) is 5.41 Å². The number of hydrogen-bond donors (Lipinski definition) is 0. The highest BCUT2D eigenvalue weighted by molar-refractivity contribution is 6.03. The molecule has 2 aromatic carbocycles. The Morgan fingerprint density at radius 2 is 1.77 bits per heavy atom. The second-order valence-corrected chi connectivity index (χ2v) is 7.70. The summed E-state index contributed by atoms with van der Waals surface area (Å²) in [5.74, 6) is 0.346. The number of fused-ring (bicyclic) bond motifs is 2. The molecule has 2 atom stereocenters. The van der Waals surface area contributed by atoms with Crippen molar-refractivity contribution in [3.05, 3.63) is 65.7 Å². The molecule has 0 aromatic heterocycles. The number of nitrogens with zero attached hydrogens (tertiary/aromatic N) is 2. The van der Waals surface area contributed by atoms with Gasteiger partial charge in [0.2, 0.25) is 11.8 Å². The first-order valence-electron chi connectivity index (χ1n) is 9.44. The van der Waals surface area contributed by atoms with Gasteiger partial charge in [0.15, 0.2) is 0 Å². The van der Waals surface area contributed by atoms with Gasteiger partial charge in [0.25, 0.3) is 0 Å². The van der Waals surface area contributed by atoms with Crippen molar-refractivity contribution in [3.8, 4) is 0 Å². The monoisotopic (exact) mass is 346 g/mol. The standard InChI is InChI=1S/C22H22N2O2/c25-20-11-10-18-14-22(15-24(18)20,17-7-2-1-3-8-17)21(26)23-13-12-16-6-4-5-9-19(16)23/h1-9,18H,10-15H2/t18-,22-/m0/s1. The van der Waals surface area contributed by atoms with Gasteiger partial charge in [-0.05, 0) is 36.5 Å². The maximum atomic E-state index is 13.9. The largest absolute Gasteiger partial charge is 0.338 e. The molecule has 2 saturated heterocycles. The first kappa shape index (κ1) is 15.6. The second-order valence-electron chi connectivity index (χ2n) is 7.70. The normalized spacial score (nSPS) is 26.9. The minimum atomic E-state index is -0.626. The lowest BCUT2D eigenvalue weighted by atomic mass is 9.76. The van der Waals surface area contributed by atoms with Crippen molar-refractivity contribution in [1.82, 2.24) is 4.90 Å². The number of rotatable bonds is 2. The predicted molar refractivity (Wildman–Crippen MR) is 100.0 cm³/mol. The van der Waals surface area contributed by atoms with Crippen molar-refractivity contribution in [1.29, 1.82) is 0 Å². The zero-order valence-corrected chi connectivity index (χ0v) is 14.7. The lowest BCUT2D eigenvalue weighted by Crippen LogP contribution is -2.48. The third-order valence-corrected chi connectivity index (χ3v) is 6.34. The molecule has 132 valence electrons. The first-order chi connectivity index (χ1) is 12.7. The van der Waals surface area contributed by atoms with Gasteiger partial charge in [-0.3, -0.25) is 9.59 Å². The number of carbonyl (C=O) groups is 2. The molecular weight excluding hydrogens is 324 g/mol. The molecule has 3 aliphatic rings. The van der Waals surface area contributed by atoms with Crippen molar-refractivity contribution in [2.75, 3.05) is 18.0 Å². The molecular formula is C22H22N2O2. The van der Waals surface area contributed by atoms with Gasteiger partial charge in [0.1, 0.15) is 0 Å². The summed E-state index contributed by atoms with van der Waals surface area (Å²) in [6, 6.07) is 18.4. The maximum absolute atomic E-state index is 13.9. The molecule has 0 bridgehead atoms. The zero-order valence-electron chi connectivity index (χ0n) is 14.7. The number of benzene rings is 2. The second kappa shape index (κ2) is 5.70. The quantitative estimate of drug-likeness (QED) is 0.839. The van der Waals surface area contributed by atoms with Crippen LogP contribution < -0.4 is 4.90 Å². The summed E-state index contributed by atoms with van der Waals surface area (Å²) in [5.41, 5.74) is 2.68. The van der Waals surface area contributed by atoms with E-state index in [1.165, 1.54) is 5.56 Å². The van der Waals surface area contributed by atoms with Crippen LogP contribution in [0.4, 0.5) is 5.69 Å². The Labute approximate surface area is 153 Å². The van der Waals surface area contributed by atoms with E-state index in [9.17, 15) is 9.59 Å².